The third kappa shape index (κ3) is 6.06. The van der Waals surface area contributed by atoms with Gasteiger partial charge in [0.25, 0.3) is 0 Å². The summed E-state index contributed by atoms with van der Waals surface area (Å²) in [7, 11) is 2.17. The fraction of sp³-hybridized carbons (Fsp3) is 0.636. The fourth-order valence-electron chi connectivity index (χ4n) is 4.19. The molecule has 0 bridgehead atoms. The zero-order chi connectivity index (χ0) is 19.1. The van der Waals surface area contributed by atoms with Gasteiger partial charge in [-0.1, -0.05) is 30.3 Å². The molecule has 27 heavy (non-hydrogen) atoms. The second-order valence-corrected chi connectivity index (χ2v) is 8.17. The van der Waals surface area contributed by atoms with Crippen molar-refractivity contribution in [3.05, 3.63) is 35.9 Å². The summed E-state index contributed by atoms with van der Waals surface area (Å²) in [5.41, 5.74) is 1.03. The van der Waals surface area contributed by atoms with Gasteiger partial charge < -0.3 is 15.1 Å². The van der Waals surface area contributed by atoms with Gasteiger partial charge in [-0.3, -0.25) is 9.59 Å². The minimum atomic E-state index is -0.0593. The molecule has 0 saturated carbocycles. The van der Waals surface area contributed by atoms with E-state index in [1.54, 1.807) is 0 Å². The number of benzene rings is 1. The van der Waals surface area contributed by atoms with Crippen LogP contribution in [0.1, 0.15) is 37.7 Å². The van der Waals surface area contributed by atoms with E-state index in [2.05, 4.69) is 17.3 Å². The Balaban J connectivity index is 1.40. The molecule has 1 aromatic carbocycles. The number of piperidine rings is 2. The predicted molar refractivity (Wildman–Crippen MR) is 107 cm³/mol. The predicted octanol–water partition coefficient (Wildman–Crippen LogP) is 2.32. The molecule has 1 aromatic rings. The van der Waals surface area contributed by atoms with Gasteiger partial charge in [0.15, 0.2) is 0 Å². The lowest BCUT2D eigenvalue weighted by Crippen LogP contribution is -2.46. The van der Waals surface area contributed by atoms with E-state index in [1.165, 1.54) is 25.9 Å². The molecular weight excluding hydrogens is 338 g/mol. The summed E-state index contributed by atoms with van der Waals surface area (Å²) in [5.74, 6) is 0.929. The van der Waals surface area contributed by atoms with E-state index < -0.39 is 0 Å². The highest BCUT2D eigenvalue weighted by Crippen LogP contribution is 2.20. The standard InChI is InChI=1S/C22H33N3O2/c1-24-14-10-18(11-15-24)9-12-23-22(27)20-8-5-13-25(17-20)21(26)16-19-6-3-2-4-7-19/h2-4,6-7,18,20H,5,8-17H2,1H3,(H,23,27). The van der Waals surface area contributed by atoms with Gasteiger partial charge in [0.05, 0.1) is 12.3 Å². The first-order chi connectivity index (χ1) is 13.1. The number of nitrogens with zero attached hydrogens (tertiary/aromatic N) is 2. The van der Waals surface area contributed by atoms with Crippen molar-refractivity contribution in [2.75, 3.05) is 39.8 Å². The Kier molecular flexibility index (Phi) is 7.27. The van der Waals surface area contributed by atoms with Crippen LogP contribution in [0.2, 0.25) is 0 Å². The molecule has 2 heterocycles. The van der Waals surface area contributed by atoms with Crippen LogP contribution in [0.5, 0.6) is 0 Å². The molecule has 2 aliphatic rings. The summed E-state index contributed by atoms with van der Waals surface area (Å²) in [4.78, 5) is 29.4. The van der Waals surface area contributed by atoms with E-state index in [0.29, 0.717) is 13.0 Å². The van der Waals surface area contributed by atoms with Gasteiger partial charge in [-0.15, -0.1) is 0 Å². The first-order valence-electron chi connectivity index (χ1n) is 10.4. The maximum atomic E-state index is 12.6. The van der Waals surface area contributed by atoms with E-state index in [-0.39, 0.29) is 17.7 Å². The van der Waals surface area contributed by atoms with Crippen LogP contribution in [0.3, 0.4) is 0 Å². The summed E-state index contributed by atoms with van der Waals surface area (Å²) in [6.45, 7) is 4.43. The smallest absolute Gasteiger partial charge is 0.227 e. The summed E-state index contributed by atoms with van der Waals surface area (Å²) in [6.07, 6.45) is 5.76. The lowest BCUT2D eigenvalue weighted by molar-refractivity contribution is -0.135. The van der Waals surface area contributed by atoms with Crippen LogP contribution in [-0.2, 0) is 16.0 Å². The van der Waals surface area contributed by atoms with Crippen molar-refractivity contribution in [2.45, 2.75) is 38.5 Å². The lowest BCUT2D eigenvalue weighted by atomic mass is 9.93. The van der Waals surface area contributed by atoms with Crippen LogP contribution in [0, 0.1) is 11.8 Å². The second-order valence-electron chi connectivity index (χ2n) is 8.17. The number of nitrogens with one attached hydrogen (secondary N) is 1. The van der Waals surface area contributed by atoms with Crippen LogP contribution in [0.25, 0.3) is 0 Å². The SMILES string of the molecule is CN1CCC(CCNC(=O)C2CCCN(C(=O)Cc3ccccc3)C2)CC1. The molecular formula is C22H33N3O2. The van der Waals surface area contributed by atoms with E-state index in [1.807, 2.05) is 35.2 Å². The van der Waals surface area contributed by atoms with Crippen molar-refractivity contribution in [3.8, 4) is 0 Å². The Bertz CT molecular complexity index is 611. The second kappa shape index (κ2) is 9.88. The van der Waals surface area contributed by atoms with Gasteiger partial charge in [-0.05, 0) is 63.7 Å². The van der Waals surface area contributed by atoms with Crippen molar-refractivity contribution < 1.29 is 9.59 Å². The van der Waals surface area contributed by atoms with Crippen LogP contribution in [0.15, 0.2) is 30.3 Å². The molecule has 5 heteroatoms. The minimum absolute atomic E-state index is 0.0593. The molecule has 2 aliphatic heterocycles. The van der Waals surface area contributed by atoms with Crippen molar-refractivity contribution in [2.24, 2.45) is 11.8 Å². The van der Waals surface area contributed by atoms with Crippen molar-refractivity contribution in [3.63, 3.8) is 0 Å². The maximum absolute atomic E-state index is 12.6. The Hall–Kier alpha value is -1.88. The van der Waals surface area contributed by atoms with Crippen LogP contribution >= 0.6 is 0 Å². The zero-order valence-electron chi connectivity index (χ0n) is 16.5. The summed E-state index contributed by atoms with van der Waals surface area (Å²) >= 11 is 0. The fourth-order valence-corrected chi connectivity index (χ4v) is 4.19. The van der Waals surface area contributed by atoms with Crippen molar-refractivity contribution in [1.29, 1.82) is 0 Å². The first kappa shape index (κ1) is 19.9. The zero-order valence-corrected chi connectivity index (χ0v) is 16.5. The number of amides is 2. The Morgan fingerprint density at radius 2 is 1.81 bits per heavy atom. The third-order valence-corrected chi connectivity index (χ3v) is 6.03. The quantitative estimate of drug-likeness (QED) is 0.835. The average Bonchev–Trinajstić information content (AvgIpc) is 2.70. The molecule has 1 N–H and O–H groups in total. The number of hydrogen-bond donors (Lipinski definition) is 1. The Labute approximate surface area is 163 Å². The Morgan fingerprint density at radius 1 is 1.07 bits per heavy atom. The van der Waals surface area contributed by atoms with Gasteiger partial charge in [0.2, 0.25) is 11.8 Å². The highest BCUT2D eigenvalue weighted by molar-refractivity contribution is 5.82. The maximum Gasteiger partial charge on any atom is 0.227 e. The topological polar surface area (TPSA) is 52.7 Å². The van der Waals surface area contributed by atoms with E-state index in [4.69, 9.17) is 0 Å². The molecule has 2 fully saturated rings. The molecule has 0 spiro atoms. The molecule has 1 unspecified atom stereocenters. The van der Waals surface area contributed by atoms with Gasteiger partial charge in [0.1, 0.15) is 0 Å². The van der Waals surface area contributed by atoms with Crippen LogP contribution < -0.4 is 5.32 Å². The van der Waals surface area contributed by atoms with Crippen molar-refractivity contribution >= 4 is 11.8 Å². The largest absolute Gasteiger partial charge is 0.356 e. The summed E-state index contributed by atoms with van der Waals surface area (Å²) in [5, 5.41) is 3.13. The molecule has 2 amide bonds. The Morgan fingerprint density at radius 3 is 2.56 bits per heavy atom. The highest BCUT2D eigenvalue weighted by atomic mass is 16.2. The minimum Gasteiger partial charge on any atom is -0.356 e. The van der Waals surface area contributed by atoms with E-state index in [0.717, 1.165) is 43.8 Å². The number of hydrogen-bond acceptors (Lipinski definition) is 3. The average molecular weight is 372 g/mol. The summed E-state index contributed by atoms with van der Waals surface area (Å²) in [6, 6.07) is 9.84. The van der Waals surface area contributed by atoms with Crippen molar-refractivity contribution in [1.82, 2.24) is 15.1 Å². The van der Waals surface area contributed by atoms with Gasteiger partial charge in [0, 0.05) is 19.6 Å². The number of carbonyl (C=O) groups excluding carboxylic acids is 2. The van der Waals surface area contributed by atoms with Gasteiger partial charge >= 0.3 is 0 Å². The number of rotatable bonds is 6. The highest BCUT2D eigenvalue weighted by Gasteiger charge is 2.28. The van der Waals surface area contributed by atoms with Crippen LogP contribution in [0.4, 0.5) is 0 Å². The van der Waals surface area contributed by atoms with Crippen LogP contribution in [-0.4, -0.2) is 61.4 Å². The van der Waals surface area contributed by atoms with E-state index in [9.17, 15) is 9.59 Å². The normalized spacial score (nSPS) is 21.8. The number of likely N-dealkylation sites (tertiary alicyclic amines) is 2. The molecule has 148 valence electrons. The molecule has 3 rings (SSSR count). The summed E-state index contributed by atoms with van der Waals surface area (Å²) < 4.78 is 0. The monoisotopic (exact) mass is 371 g/mol. The lowest BCUT2D eigenvalue weighted by Gasteiger charge is -2.32. The van der Waals surface area contributed by atoms with Gasteiger partial charge in [-0.25, -0.2) is 0 Å². The van der Waals surface area contributed by atoms with Gasteiger partial charge in [-0.2, -0.15) is 0 Å². The molecule has 1 atom stereocenters. The first-order valence-corrected chi connectivity index (χ1v) is 10.4. The van der Waals surface area contributed by atoms with E-state index >= 15 is 0 Å². The third-order valence-electron chi connectivity index (χ3n) is 6.03. The molecule has 0 aromatic heterocycles. The molecule has 0 aliphatic carbocycles. The number of carbonyl (C=O) groups is 2. The molecule has 2 saturated heterocycles. The molecule has 0 radical (unpaired) electrons. The molecule has 5 nitrogen and oxygen atoms in total.